The third-order valence-corrected chi connectivity index (χ3v) is 6.55. The summed E-state index contributed by atoms with van der Waals surface area (Å²) in [6.07, 6.45) is -12.7. The van der Waals surface area contributed by atoms with Gasteiger partial charge in [-0.1, -0.05) is 18.7 Å². The molecular weight excluding hydrogens is 531 g/mol. The molecule has 200 valence electrons. The van der Waals surface area contributed by atoms with E-state index < -0.39 is 40.2 Å². The normalized spacial score (nSPS) is 12.5. The van der Waals surface area contributed by atoms with E-state index in [1.54, 1.807) is 19.9 Å². The molecule has 1 aromatic heterocycles. The second kappa shape index (κ2) is 10.3. The standard InChI is InChI=1S/C24H20F7NO4S/c1-5-17-13(3)20(36-21(33)34-4)16-11-19(12(2)10-18(16)32-17)35-14-6-8-15(9-7-14)37-22(25,23(26,27)28)24(29,30)31/h6-11H,5H2,1-4H3. The summed E-state index contributed by atoms with van der Waals surface area (Å²) >= 11 is -1.00. The number of hydrogen-bond acceptors (Lipinski definition) is 6. The fourth-order valence-electron chi connectivity index (χ4n) is 3.36. The van der Waals surface area contributed by atoms with Crippen molar-refractivity contribution in [3.63, 3.8) is 0 Å². The van der Waals surface area contributed by atoms with Crippen molar-refractivity contribution in [2.75, 3.05) is 7.11 Å². The number of pyridine rings is 1. The van der Waals surface area contributed by atoms with Gasteiger partial charge in [0.15, 0.2) is 0 Å². The number of carbonyl (C=O) groups excluding carboxylic acids is 1. The lowest BCUT2D eigenvalue weighted by Gasteiger charge is -2.29. The monoisotopic (exact) mass is 551 g/mol. The molecule has 37 heavy (non-hydrogen) atoms. The van der Waals surface area contributed by atoms with Crippen LogP contribution in [-0.4, -0.2) is 35.6 Å². The number of methoxy groups -OCH3 is 1. The summed E-state index contributed by atoms with van der Waals surface area (Å²) in [5.41, 5.74) is 2.37. The molecule has 0 saturated carbocycles. The Bertz CT molecular complexity index is 1290. The van der Waals surface area contributed by atoms with E-state index in [0.717, 1.165) is 31.4 Å². The van der Waals surface area contributed by atoms with Gasteiger partial charge in [-0.3, -0.25) is 4.98 Å². The summed E-state index contributed by atoms with van der Waals surface area (Å²) in [5, 5.41) is -5.07. The van der Waals surface area contributed by atoms with Gasteiger partial charge >= 0.3 is 23.5 Å². The van der Waals surface area contributed by atoms with Crippen LogP contribution in [0.2, 0.25) is 0 Å². The number of halogens is 7. The first kappa shape index (κ1) is 28.4. The van der Waals surface area contributed by atoms with Gasteiger partial charge in [0.25, 0.3) is 0 Å². The van der Waals surface area contributed by atoms with E-state index in [2.05, 4.69) is 9.72 Å². The van der Waals surface area contributed by atoms with Crippen LogP contribution < -0.4 is 9.47 Å². The lowest BCUT2D eigenvalue weighted by molar-refractivity contribution is -0.302. The lowest BCUT2D eigenvalue weighted by Crippen LogP contribution is -2.50. The van der Waals surface area contributed by atoms with Gasteiger partial charge in [0.05, 0.1) is 12.6 Å². The lowest BCUT2D eigenvalue weighted by atomic mass is 10.0. The van der Waals surface area contributed by atoms with Crippen LogP contribution in [0, 0.1) is 13.8 Å². The second-order valence-corrected chi connectivity index (χ2v) is 9.06. The highest BCUT2D eigenvalue weighted by Gasteiger charge is 2.73. The summed E-state index contributed by atoms with van der Waals surface area (Å²) in [6.45, 7) is 5.29. The maximum absolute atomic E-state index is 14.0. The number of fused-ring (bicyclic) bond motifs is 1. The third kappa shape index (κ3) is 5.71. The molecule has 0 N–H and O–H groups in total. The van der Waals surface area contributed by atoms with Gasteiger partial charge in [0.1, 0.15) is 17.2 Å². The highest BCUT2D eigenvalue weighted by molar-refractivity contribution is 8.00. The van der Waals surface area contributed by atoms with Crippen molar-refractivity contribution >= 4 is 28.8 Å². The van der Waals surface area contributed by atoms with E-state index in [9.17, 15) is 35.5 Å². The smallest absolute Gasteiger partial charge is 0.457 e. The van der Waals surface area contributed by atoms with E-state index in [1.165, 1.54) is 6.07 Å². The van der Waals surface area contributed by atoms with Gasteiger partial charge in [-0.2, -0.15) is 26.3 Å². The minimum Gasteiger partial charge on any atom is -0.457 e. The van der Waals surface area contributed by atoms with Gasteiger partial charge in [-0.25, -0.2) is 9.18 Å². The average molecular weight is 551 g/mol. The highest BCUT2D eigenvalue weighted by atomic mass is 32.2. The van der Waals surface area contributed by atoms with Crippen LogP contribution in [0.25, 0.3) is 10.9 Å². The topological polar surface area (TPSA) is 57.7 Å². The van der Waals surface area contributed by atoms with Crippen LogP contribution in [0.4, 0.5) is 35.5 Å². The van der Waals surface area contributed by atoms with E-state index in [4.69, 9.17) is 9.47 Å². The molecule has 0 aliphatic rings. The SMILES string of the molecule is CCc1nc2cc(C)c(Oc3ccc(SC(F)(C(F)(F)F)C(F)(F)F)cc3)cc2c(OC(=O)OC)c1C. The van der Waals surface area contributed by atoms with Crippen molar-refractivity contribution in [3.8, 4) is 17.2 Å². The zero-order valence-corrected chi connectivity index (χ0v) is 20.6. The minimum absolute atomic E-state index is 0.0561. The molecular formula is C24H20F7NO4S. The third-order valence-electron chi connectivity index (χ3n) is 5.29. The highest BCUT2D eigenvalue weighted by Crippen LogP contribution is 2.55. The number of thioether (sulfide) groups is 1. The fourth-order valence-corrected chi connectivity index (χ4v) is 4.19. The molecule has 0 fully saturated rings. The molecule has 0 aliphatic carbocycles. The van der Waals surface area contributed by atoms with Crippen LogP contribution in [0.3, 0.4) is 0 Å². The molecule has 0 saturated heterocycles. The summed E-state index contributed by atoms with van der Waals surface area (Å²) in [7, 11) is 1.15. The molecule has 2 aromatic carbocycles. The Morgan fingerprint density at radius 1 is 0.973 bits per heavy atom. The van der Waals surface area contributed by atoms with Gasteiger partial charge in [-0.05, 0) is 62.2 Å². The van der Waals surface area contributed by atoms with Crippen molar-refractivity contribution in [2.24, 2.45) is 0 Å². The largest absolute Gasteiger partial charge is 0.513 e. The zero-order valence-electron chi connectivity index (χ0n) is 19.8. The Morgan fingerprint density at radius 2 is 1.57 bits per heavy atom. The minimum atomic E-state index is -6.18. The molecule has 3 rings (SSSR count). The quantitative estimate of drug-likeness (QED) is 0.175. The maximum atomic E-state index is 14.0. The number of rotatable bonds is 6. The molecule has 0 atom stereocenters. The van der Waals surface area contributed by atoms with Crippen LogP contribution in [0.1, 0.15) is 23.7 Å². The molecule has 13 heteroatoms. The predicted molar refractivity (Wildman–Crippen MR) is 122 cm³/mol. The Hall–Kier alpha value is -3.22. The first-order chi connectivity index (χ1) is 17.1. The average Bonchev–Trinajstić information content (AvgIpc) is 2.81. The number of benzene rings is 2. The molecule has 1 heterocycles. The van der Waals surface area contributed by atoms with Gasteiger partial charge < -0.3 is 14.2 Å². The number of alkyl halides is 7. The van der Waals surface area contributed by atoms with Crippen LogP contribution in [0.15, 0.2) is 41.3 Å². The summed E-state index contributed by atoms with van der Waals surface area (Å²) in [6, 6.07) is 7.18. The number of aromatic nitrogens is 1. The summed E-state index contributed by atoms with van der Waals surface area (Å²) in [4.78, 5) is 15.8. The summed E-state index contributed by atoms with van der Waals surface area (Å²) < 4.78 is 107. The van der Waals surface area contributed by atoms with Gasteiger partial charge in [0, 0.05) is 21.5 Å². The number of ether oxygens (including phenoxy) is 3. The van der Waals surface area contributed by atoms with E-state index >= 15 is 0 Å². The molecule has 0 radical (unpaired) electrons. The van der Waals surface area contributed by atoms with E-state index in [0.29, 0.717) is 34.1 Å². The van der Waals surface area contributed by atoms with Gasteiger partial charge in [0.2, 0.25) is 0 Å². The van der Waals surface area contributed by atoms with Crippen molar-refractivity contribution in [1.82, 2.24) is 4.98 Å². The number of hydrogen-bond donors (Lipinski definition) is 0. The van der Waals surface area contributed by atoms with Crippen LogP contribution >= 0.6 is 11.8 Å². The second-order valence-electron chi connectivity index (χ2n) is 7.82. The van der Waals surface area contributed by atoms with Crippen LogP contribution in [-0.2, 0) is 11.2 Å². The Labute approximate surface area is 210 Å². The number of carbonyl (C=O) groups is 1. The Morgan fingerprint density at radius 3 is 2.08 bits per heavy atom. The molecule has 5 nitrogen and oxygen atoms in total. The Balaban J connectivity index is 1.96. The molecule has 0 aliphatic heterocycles. The first-order valence-corrected chi connectivity index (χ1v) is 11.4. The maximum Gasteiger partial charge on any atom is 0.513 e. The van der Waals surface area contributed by atoms with E-state index in [1.807, 2.05) is 6.92 Å². The number of aryl methyl sites for hydroxylation is 2. The Kier molecular flexibility index (Phi) is 7.87. The van der Waals surface area contributed by atoms with Gasteiger partial charge in [-0.15, -0.1) is 0 Å². The predicted octanol–water partition coefficient (Wildman–Crippen LogP) is 8.23. The van der Waals surface area contributed by atoms with Crippen molar-refractivity contribution in [1.29, 1.82) is 0 Å². The summed E-state index contributed by atoms with van der Waals surface area (Å²) in [5.74, 6) is 0.503. The van der Waals surface area contributed by atoms with E-state index in [-0.39, 0.29) is 17.2 Å². The van der Waals surface area contributed by atoms with Crippen molar-refractivity contribution in [2.45, 2.75) is 49.4 Å². The first-order valence-electron chi connectivity index (χ1n) is 10.6. The fraction of sp³-hybridized carbons (Fsp3) is 0.333. The van der Waals surface area contributed by atoms with Crippen molar-refractivity contribution in [3.05, 3.63) is 53.2 Å². The number of nitrogens with zero attached hydrogens (tertiary/aromatic N) is 1. The molecule has 0 unspecified atom stereocenters. The molecule has 0 bridgehead atoms. The molecule has 0 spiro atoms. The zero-order chi connectivity index (χ0) is 27.8. The molecule has 0 amide bonds. The molecule has 3 aromatic rings. The van der Waals surface area contributed by atoms with Crippen molar-refractivity contribution < 1.29 is 49.7 Å². The van der Waals surface area contributed by atoms with Crippen LogP contribution in [0.5, 0.6) is 17.2 Å².